The first-order chi connectivity index (χ1) is 6.16. The van der Waals surface area contributed by atoms with Gasteiger partial charge in [-0.15, -0.1) is 11.3 Å². The van der Waals surface area contributed by atoms with E-state index in [0.29, 0.717) is 0 Å². The molecule has 0 aromatic carbocycles. The van der Waals surface area contributed by atoms with E-state index in [1.54, 1.807) is 11.3 Å². The van der Waals surface area contributed by atoms with E-state index in [1.165, 1.54) is 4.88 Å². The third-order valence-electron chi connectivity index (χ3n) is 2.45. The number of aromatic nitrogens is 1. The normalized spacial score (nSPS) is 22.7. The molecule has 0 spiro atoms. The van der Waals surface area contributed by atoms with Crippen LogP contribution < -0.4 is 4.90 Å². The summed E-state index contributed by atoms with van der Waals surface area (Å²) in [5, 5.41) is 10.4. The van der Waals surface area contributed by atoms with Gasteiger partial charge in [0.2, 0.25) is 0 Å². The molecular formula is C9H14N2OS. The quantitative estimate of drug-likeness (QED) is 0.739. The predicted molar refractivity (Wildman–Crippen MR) is 54.4 cm³/mol. The summed E-state index contributed by atoms with van der Waals surface area (Å²) >= 11 is 1.72. The van der Waals surface area contributed by atoms with Gasteiger partial charge in [-0.2, -0.15) is 0 Å². The molecule has 1 fully saturated rings. The monoisotopic (exact) mass is 198 g/mol. The van der Waals surface area contributed by atoms with Crippen molar-refractivity contribution in [1.82, 2.24) is 4.98 Å². The van der Waals surface area contributed by atoms with E-state index < -0.39 is 0 Å². The van der Waals surface area contributed by atoms with E-state index in [2.05, 4.69) is 16.8 Å². The van der Waals surface area contributed by atoms with Crippen LogP contribution in [0.5, 0.6) is 0 Å². The number of aliphatic hydroxyl groups excluding tert-OH is 1. The molecule has 1 aromatic rings. The smallest absolute Gasteiger partial charge is 0.185 e. The lowest BCUT2D eigenvalue weighted by Gasteiger charge is -2.12. The first-order valence-electron chi connectivity index (χ1n) is 4.54. The predicted octanol–water partition coefficient (Wildman–Crippen LogP) is 1.33. The average Bonchev–Trinajstić information content (AvgIpc) is 2.61. The summed E-state index contributed by atoms with van der Waals surface area (Å²) < 4.78 is 0. The van der Waals surface area contributed by atoms with E-state index in [4.69, 9.17) is 0 Å². The minimum Gasteiger partial charge on any atom is -0.391 e. The Balaban J connectivity index is 2.17. The highest BCUT2D eigenvalue weighted by molar-refractivity contribution is 7.15. The van der Waals surface area contributed by atoms with Crippen molar-refractivity contribution < 1.29 is 5.11 Å². The van der Waals surface area contributed by atoms with Crippen LogP contribution in [0.1, 0.15) is 17.0 Å². The second kappa shape index (κ2) is 3.27. The Labute approximate surface area is 82.0 Å². The average molecular weight is 198 g/mol. The molecule has 0 saturated carbocycles. The minimum atomic E-state index is -0.162. The molecule has 1 aliphatic heterocycles. The van der Waals surface area contributed by atoms with Crippen molar-refractivity contribution in [2.45, 2.75) is 26.4 Å². The molecule has 1 N–H and O–H groups in total. The number of aryl methyl sites for hydroxylation is 2. The molecule has 1 atom stereocenters. The van der Waals surface area contributed by atoms with E-state index in [1.807, 2.05) is 6.92 Å². The summed E-state index contributed by atoms with van der Waals surface area (Å²) in [4.78, 5) is 7.90. The van der Waals surface area contributed by atoms with Gasteiger partial charge >= 0.3 is 0 Å². The molecule has 0 amide bonds. The van der Waals surface area contributed by atoms with Gasteiger partial charge in [0.25, 0.3) is 0 Å². The van der Waals surface area contributed by atoms with Crippen molar-refractivity contribution in [3.05, 3.63) is 10.6 Å². The van der Waals surface area contributed by atoms with Gasteiger partial charge in [-0.25, -0.2) is 4.98 Å². The molecule has 1 aromatic heterocycles. The van der Waals surface area contributed by atoms with Crippen LogP contribution in [0.15, 0.2) is 0 Å². The van der Waals surface area contributed by atoms with Gasteiger partial charge in [-0.3, -0.25) is 0 Å². The van der Waals surface area contributed by atoms with E-state index in [9.17, 15) is 5.11 Å². The van der Waals surface area contributed by atoms with Crippen LogP contribution in [0.2, 0.25) is 0 Å². The van der Waals surface area contributed by atoms with Gasteiger partial charge in [0.15, 0.2) is 5.13 Å². The third kappa shape index (κ3) is 1.69. The van der Waals surface area contributed by atoms with Crippen LogP contribution >= 0.6 is 11.3 Å². The molecule has 0 radical (unpaired) electrons. The van der Waals surface area contributed by atoms with Crippen LogP contribution in [0.4, 0.5) is 5.13 Å². The van der Waals surface area contributed by atoms with Gasteiger partial charge < -0.3 is 10.0 Å². The highest BCUT2D eigenvalue weighted by Gasteiger charge is 2.22. The van der Waals surface area contributed by atoms with E-state index in [-0.39, 0.29) is 6.10 Å². The lowest BCUT2D eigenvalue weighted by Crippen LogP contribution is -2.20. The summed E-state index contributed by atoms with van der Waals surface area (Å²) in [6.45, 7) is 5.80. The van der Waals surface area contributed by atoms with Crippen molar-refractivity contribution in [3.8, 4) is 0 Å². The Hall–Kier alpha value is -0.610. The fraction of sp³-hybridized carbons (Fsp3) is 0.667. The summed E-state index contributed by atoms with van der Waals surface area (Å²) in [5.41, 5.74) is 1.11. The Kier molecular flexibility index (Phi) is 2.26. The van der Waals surface area contributed by atoms with Crippen molar-refractivity contribution in [2.24, 2.45) is 0 Å². The highest BCUT2D eigenvalue weighted by atomic mass is 32.1. The standard InChI is InChI=1S/C9H14N2OS/c1-6-7(2)13-9(10-6)11-4-3-8(12)5-11/h8,12H,3-5H2,1-2H3/t8-/m1/s1. The van der Waals surface area contributed by atoms with Crippen molar-refractivity contribution in [3.63, 3.8) is 0 Å². The number of hydrogen-bond acceptors (Lipinski definition) is 4. The van der Waals surface area contributed by atoms with Crippen LogP contribution in [0, 0.1) is 13.8 Å². The minimum absolute atomic E-state index is 0.162. The summed E-state index contributed by atoms with van der Waals surface area (Å²) in [7, 11) is 0. The maximum Gasteiger partial charge on any atom is 0.185 e. The van der Waals surface area contributed by atoms with Crippen LogP contribution in [-0.2, 0) is 0 Å². The number of rotatable bonds is 1. The van der Waals surface area contributed by atoms with Crippen LogP contribution in [-0.4, -0.2) is 29.3 Å². The van der Waals surface area contributed by atoms with Gasteiger partial charge in [-0.1, -0.05) is 0 Å². The first kappa shape index (κ1) is 8.97. The lowest BCUT2D eigenvalue weighted by molar-refractivity contribution is 0.198. The third-order valence-corrected chi connectivity index (χ3v) is 3.58. The molecule has 13 heavy (non-hydrogen) atoms. The largest absolute Gasteiger partial charge is 0.391 e. The molecule has 1 aliphatic rings. The first-order valence-corrected chi connectivity index (χ1v) is 5.35. The Morgan fingerprint density at radius 2 is 2.31 bits per heavy atom. The zero-order chi connectivity index (χ0) is 9.42. The Bertz CT molecular complexity index is 291. The fourth-order valence-electron chi connectivity index (χ4n) is 1.51. The molecular weight excluding hydrogens is 184 g/mol. The molecule has 3 nitrogen and oxygen atoms in total. The molecule has 2 rings (SSSR count). The van der Waals surface area contributed by atoms with Gasteiger partial charge in [-0.05, 0) is 20.3 Å². The second-order valence-corrected chi connectivity index (χ2v) is 4.71. The zero-order valence-corrected chi connectivity index (χ0v) is 8.77. The summed E-state index contributed by atoms with van der Waals surface area (Å²) in [6, 6.07) is 0. The molecule has 72 valence electrons. The molecule has 2 heterocycles. The van der Waals surface area contributed by atoms with E-state index in [0.717, 1.165) is 30.3 Å². The topological polar surface area (TPSA) is 36.4 Å². The van der Waals surface area contributed by atoms with Crippen molar-refractivity contribution in [1.29, 1.82) is 0 Å². The lowest BCUT2D eigenvalue weighted by atomic mass is 10.3. The number of thiazole rings is 1. The molecule has 4 heteroatoms. The molecule has 1 saturated heterocycles. The number of aliphatic hydroxyl groups is 1. The zero-order valence-electron chi connectivity index (χ0n) is 7.95. The molecule has 0 unspecified atom stereocenters. The van der Waals surface area contributed by atoms with Crippen molar-refractivity contribution in [2.75, 3.05) is 18.0 Å². The Morgan fingerprint density at radius 3 is 2.77 bits per heavy atom. The number of hydrogen-bond donors (Lipinski definition) is 1. The second-order valence-electron chi connectivity index (χ2n) is 3.53. The van der Waals surface area contributed by atoms with E-state index >= 15 is 0 Å². The number of β-amino-alcohol motifs (C(OH)–C–C–N with tert-alkyl or cyclic N) is 1. The fourth-order valence-corrected chi connectivity index (χ4v) is 2.45. The Morgan fingerprint density at radius 1 is 1.54 bits per heavy atom. The molecule has 0 bridgehead atoms. The van der Waals surface area contributed by atoms with Crippen LogP contribution in [0.3, 0.4) is 0 Å². The number of nitrogens with zero attached hydrogens (tertiary/aromatic N) is 2. The SMILES string of the molecule is Cc1nc(N2CC[C@@H](O)C2)sc1C. The van der Waals surface area contributed by atoms with Gasteiger partial charge in [0.1, 0.15) is 0 Å². The maximum atomic E-state index is 9.37. The number of anilines is 1. The maximum absolute atomic E-state index is 9.37. The van der Waals surface area contributed by atoms with Gasteiger partial charge in [0, 0.05) is 18.0 Å². The highest BCUT2D eigenvalue weighted by Crippen LogP contribution is 2.27. The van der Waals surface area contributed by atoms with Crippen LogP contribution in [0.25, 0.3) is 0 Å². The summed E-state index contributed by atoms with van der Waals surface area (Å²) in [5.74, 6) is 0. The van der Waals surface area contributed by atoms with Crippen molar-refractivity contribution >= 4 is 16.5 Å². The summed E-state index contributed by atoms with van der Waals surface area (Å²) in [6.07, 6.45) is 0.710. The molecule has 0 aliphatic carbocycles. The van der Waals surface area contributed by atoms with Gasteiger partial charge in [0.05, 0.1) is 11.8 Å².